The third-order valence-corrected chi connectivity index (χ3v) is 4.53. The van der Waals surface area contributed by atoms with Crippen LogP contribution in [0.4, 0.5) is 11.4 Å². The van der Waals surface area contributed by atoms with E-state index < -0.39 is 0 Å². The maximum absolute atomic E-state index is 12.0. The van der Waals surface area contributed by atoms with Crippen LogP contribution in [0.25, 0.3) is 11.0 Å². The van der Waals surface area contributed by atoms with Crippen LogP contribution in [0.5, 0.6) is 0 Å². The van der Waals surface area contributed by atoms with Gasteiger partial charge in [-0.3, -0.25) is 9.59 Å². The Labute approximate surface area is 153 Å². The molecule has 0 saturated heterocycles. The van der Waals surface area contributed by atoms with Gasteiger partial charge in [-0.2, -0.15) is 0 Å². The summed E-state index contributed by atoms with van der Waals surface area (Å²) >= 11 is 1.23. The summed E-state index contributed by atoms with van der Waals surface area (Å²) in [6, 6.07) is 12.6. The Morgan fingerprint density at radius 1 is 0.885 bits per heavy atom. The second-order valence-corrected chi connectivity index (χ2v) is 6.78. The third kappa shape index (κ3) is 4.76. The van der Waals surface area contributed by atoms with Crippen molar-refractivity contribution in [3.05, 3.63) is 58.5 Å². The first-order chi connectivity index (χ1) is 12.5. The molecule has 4 N–H and O–H groups in total. The molecule has 2 amide bonds. The lowest BCUT2D eigenvalue weighted by atomic mass is 10.2. The van der Waals surface area contributed by atoms with Crippen LogP contribution in [0.15, 0.2) is 47.3 Å². The zero-order valence-electron chi connectivity index (χ0n) is 14.1. The number of fused-ring (bicyclic) bond motifs is 1. The summed E-state index contributed by atoms with van der Waals surface area (Å²) in [4.78, 5) is 40.4. The second kappa shape index (κ2) is 7.92. The van der Waals surface area contributed by atoms with E-state index >= 15 is 0 Å². The lowest BCUT2D eigenvalue weighted by Gasteiger charge is -2.07. The number of H-pyrrole nitrogens is 2. The van der Waals surface area contributed by atoms with Gasteiger partial charge in [0.15, 0.2) is 0 Å². The lowest BCUT2D eigenvalue weighted by Crippen LogP contribution is -2.18. The predicted octanol–water partition coefficient (Wildman–Crippen LogP) is 2.48. The summed E-state index contributed by atoms with van der Waals surface area (Å²) in [7, 11) is 0. The first-order valence-corrected chi connectivity index (χ1v) is 9.11. The number of hydrogen-bond acceptors (Lipinski definition) is 4. The Hall–Kier alpha value is -3.00. The molecule has 0 radical (unpaired) electrons. The van der Waals surface area contributed by atoms with Crippen LogP contribution in [-0.4, -0.2) is 33.3 Å². The van der Waals surface area contributed by atoms with Crippen LogP contribution in [0.3, 0.4) is 0 Å². The standard InChI is InChI=1S/C18H18N4O3S/c1-11-2-4-12(5-3-11)19-16(23)9-26-10-17(24)20-13-6-7-14-15(8-13)22-18(25)21-14/h2-8H,9-10H2,1H3,(H,19,23)(H,20,24)(H2,21,22,25). The van der Waals surface area contributed by atoms with Crippen molar-refractivity contribution >= 4 is 46.0 Å². The fourth-order valence-electron chi connectivity index (χ4n) is 2.38. The Kier molecular flexibility index (Phi) is 5.43. The van der Waals surface area contributed by atoms with Crippen molar-refractivity contribution in [3.8, 4) is 0 Å². The number of anilines is 2. The first-order valence-electron chi connectivity index (χ1n) is 7.96. The number of nitrogens with one attached hydrogen (secondary N) is 4. The average molecular weight is 370 g/mol. The number of hydrogen-bond donors (Lipinski definition) is 4. The number of aromatic nitrogens is 2. The van der Waals surface area contributed by atoms with Gasteiger partial charge in [-0.15, -0.1) is 11.8 Å². The summed E-state index contributed by atoms with van der Waals surface area (Å²) in [5, 5.41) is 5.53. The molecule has 0 saturated carbocycles. The highest BCUT2D eigenvalue weighted by Gasteiger charge is 2.08. The molecule has 0 unspecified atom stereocenters. The fourth-order valence-corrected chi connectivity index (χ4v) is 2.99. The smallest absolute Gasteiger partial charge is 0.323 e. The number of carbonyl (C=O) groups is 2. The van der Waals surface area contributed by atoms with Crippen LogP contribution < -0.4 is 16.3 Å². The molecular formula is C18H18N4O3S. The SMILES string of the molecule is Cc1ccc(NC(=O)CSCC(=O)Nc2ccc3[nH]c(=O)[nH]c3c2)cc1. The monoisotopic (exact) mass is 370 g/mol. The van der Waals surface area contributed by atoms with Gasteiger partial charge in [0, 0.05) is 11.4 Å². The second-order valence-electron chi connectivity index (χ2n) is 5.79. The molecule has 0 spiro atoms. The van der Waals surface area contributed by atoms with Gasteiger partial charge in [0.1, 0.15) is 0 Å². The van der Waals surface area contributed by atoms with E-state index in [4.69, 9.17) is 0 Å². The highest BCUT2D eigenvalue weighted by Crippen LogP contribution is 2.15. The van der Waals surface area contributed by atoms with E-state index in [1.54, 1.807) is 18.2 Å². The van der Waals surface area contributed by atoms with Crippen molar-refractivity contribution in [3.63, 3.8) is 0 Å². The molecule has 0 aliphatic heterocycles. The van der Waals surface area contributed by atoms with Gasteiger partial charge in [0.25, 0.3) is 0 Å². The minimum Gasteiger partial charge on any atom is -0.325 e. The van der Waals surface area contributed by atoms with E-state index in [-0.39, 0.29) is 29.0 Å². The number of rotatable bonds is 6. The molecule has 3 rings (SSSR count). The minimum atomic E-state index is -0.293. The van der Waals surface area contributed by atoms with Gasteiger partial charge in [-0.1, -0.05) is 17.7 Å². The molecule has 134 valence electrons. The van der Waals surface area contributed by atoms with Crippen molar-refractivity contribution in [2.45, 2.75) is 6.92 Å². The summed E-state index contributed by atoms with van der Waals surface area (Å²) < 4.78 is 0. The highest BCUT2D eigenvalue weighted by molar-refractivity contribution is 8.00. The van der Waals surface area contributed by atoms with Gasteiger partial charge >= 0.3 is 5.69 Å². The quantitative estimate of drug-likeness (QED) is 0.535. The van der Waals surface area contributed by atoms with E-state index in [0.29, 0.717) is 16.7 Å². The number of aromatic amines is 2. The maximum atomic E-state index is 12.0. The Morgan fingerprint density at radius 2 is 1.46 bits per heavy atom. The fraction of sp³-hybridized carbons (Fsp3) is 0.167. The Bertz CT molecular complexity index is 992. The molecule has 8 heteroatoms. The van der Waals surface area contributed by atoms with Gasteiger partial charge in [-0.05, 0) is 37.3 Å². The number of benzene rings is 2. The van der Waals surface area contributed by atoms with E-state index in [1.165, 1.54) is 11.8 Å². The largest absolute Gasteiger partial charge is 0.325 e. The molecule has 7 nitrogen and oxygen atoms in total. The molecule has 26 heavy (non-hydrogen) atoms. The zero-order valence-corrected chi connectivity index (χ0v) is 14.9. The molecule has 0 fully saturated rings. The molecule has 1 heterocycles. The van der Waals surface area contributed by atoms with Gasteiger partial charge in [-0.25, -0.2) is 4.79 Å². The van der Waals surface area contributed by atoms with Crippen molar-refractivity contribution in [1.82, 2.24) is 9.97 Å². The van der Waals surface area contributed by atoms with Crippen LogP contribution in [0.2, 0.25) is 0 Å². The van der Waals surface area contributed by atoms with Crippen molar-refractivity contribution in [2.24, 2.45) is 0 Å². The summed E-state index contributed by atoms with van der Waals surface area (Å²) in [5.74, 6) is -0.0255. The number of carbonyl (C=O) groups excluding carboxylic acids is 2. The van der Waals surface area contributed by atoms with Crippen molar-refractivity contribution in [2.75, 3.05) is 22.1 Å². The van der Waals surface area contributed by atoms with Crippen LogP contribution in [-0.2, 0) is 9.59 Å². The average Bonchev–Trinajstić information content (AvgIpc) is 2.96. The normalized spacial score (nSPS) is 10.7. The lowest BCUT2D eigenvalue weighted by molar-refractivity contribution is -0.114. The summed E-state index contributed by atoms with van der Waals surface area (Å²) in [6.07, 6.45) is 0. The molecule has 2 aromatic carbocycles. The van der Waals surface area contributed by atoms with Gasteiger partial charge in [0.05, 0.1) is 22.5 Å². The zero-order chi connectivity index (χ0) is 18.5. The molecule has 0 bridgehead atoms. The number of amides is 2. The predicted molar refractivity (Wildman–Crippen MR) is 105 cm³/mol. The highest BCUT2D eigenvalue weighted by atomic mass is 32.2. The first kappa shape index (κ1) is 17.8. The van der Waals surface area contributed by atoms with Crippen LogP contribution in [0.1, 0.15) is 5.56 Å². The van der Waals surface area contributed by atoms with E-state index in [9.17, 15) is 14.4 Å². The third-order valence-electron chi connectivity index (χ3n) is 3.60. The number of aryl methyl sites for hydroxylation is 1. The molecule has 3 aromatic rings. The molecule has 0 aliphatic carbocycles. The molecule has 0 aliphatic rings. The molecule has 0 atom stereocenters. The van der Waals surface area contributed by atoms with E-state index in [1.807, 2.05) is 31.2 Å². The van der Waals surface area contributed by atoms with Gasteiger partial charge in [0.2, 0.25) is 11.8 Å². The topological polar surface area (TPSA) is 107 Å². The summed E-state index contributed by atoms with van der Waals surface area (Å²) in [6.45, 7) is 1.98. The summed E-state index contributed by atoms with van der Waals surface area (Å²) in [5.41, 5.74) is 3.45. The minimum absolute atomic E-state index is 0.155. The van der Waals surface area contributed by atoms with Gasteiger partial charge < -0.3 is 20.6 Å². The van der Waals surface area contributed by atoms with Crippen molar-refractivity contribution < 1.29 is 9.59 Å². The molecular weight excluding hydrogens is 352 g/mol. The Morgan fingerprint density at radius 3 is 2.15 bits per heavy atom. The van der Waals surface area contributed by atoms with Crippen molar-refractivity contribution in [1.29, 1.82) is 0 Å². The van der Waals surface area contributed by atoms with E-state index in [2.05, 4.69) is 20.6 Å². The van der Waals surface area contributed by atoms with Crippen LogP contribution >= 0.6 is 11.8 Å². The van der Waals surface area contributed by atoms with E-state index in [0.717, 1.165) is 11.3 Å². The number of thioether (sulfide) groups is 1. The maximum Gasteiger partial charge on any atom is 0.323 e. The molecule has 1 aromatic heterocycles. The Balaban J connectivity index is 1.45. The van der Waals surface area contributed by atoms with Crippen LogP contribution in [0, 0.1) is 6.92 Å². The number of imidazole rings is 1.